The molecule has 7 nitrogen and oxygen atoms in total. The molecule has 0 aliphatic heterocycles. The standard InChI is InChI=1S/C20H19ClN2O5S/c1-4-11-29(25,26)20-18(27-2)13(12-17(24)19(20)28-3)15-9-10-22-23(15)16-8-6-5-7-14(16)21/h4-10,12,24H,1,11H2,2-3H3. The second kappa shape index (κ2) is 8.18. The van der Waals surface area contributed by atoms with Crippen LogP contribution in [0.25, 0.3) is 16.9 Å². The minimum Gasteiger partial charge on any atom is -0.504 e. The highest BCUT2D eigenvalue weighted by atomic mass is 35.5. The summed E-state index contributed by atoms with van der Waals surface area (Å²) >= 11 is 6.30. The number of benzene rings is 2. The highest BCUT2D eigenvalue weighted by Gasteiger charge is 2.31. The molecule has 0 radical (unpaired) electrons. The van der Waals surface area contributed by atoms with Crippen LogP contribution in [0.1, 0.15) is 0 Å². The number of hydrogen-bond donors (Lipinski definition) is 1. The van der Waals surface area contributed by atoms with Gasteiger partial charge in [0.05, 0.1) is 42.6 Å². The van der Waals surface area contributed by atoms with Crippen molar-refractivity contribution in [2.24, 2.45) is 0 Å². The first-order chi connectivity index (χ1) is 13.9. The Labute approximate surface area is 173 Å². The molecule has 0 bridgehead atoms. The van der Waals surface area contributed by atoms with Crippen molar-refractivity contribution in [2.45, 2.75) is 4.90 Å². The molecule has 152 valence electrons. The van der Waals surface area contributed by atoms with E-state index in [1.807, 2.05) is 0 Å². The van der Waals surface area contributed by atoms with Gasteiger partial charge in [0, 0.05) is 5.56 Å². The van der Waals surface area contributed by atoms with Gasteiger partial charge in [-0.15, -0.1) is 6.58 Å². The summed E-state index contributed by atoms with van der Waals surface area (Å²) in [6.45, 7) is 3.49. The van der Waals surface area contributed by atoms with Gasteiger partial charge in [-0.05, 0) is 24.3 Å². The van der Waals surface area contributed by atoms with Crippen molar-refractivity contribution in [1.82, 2.24) is 9.78 Å². The van der Waals surface area contributed by atoms with Crippen molar-refractivity contribution in [3.05, 3.63) is 60.3 Å². The van der Waals surface area contributed by atoms with Crippen LogP contribution in [-0.2, 0) is 9.84 Å². The van der Waals surface area contributed by atoms with Crippen molar-refractivity contribution in [1.29, 1.82) is 0 Å². The monoisotopic (exact) mass is 434 g/mol. The van der Waals surface area contributed by atoms with E-state index in [1.54, 1.807) is 30.3 Å². The van der Waals surface area contributed by atoms with Crippen molar-refractivity contribution < 1.29 is 23.0 Å². The molecule has 3 aromatic rings. The SMILES string of the molecule is C=CCS(=O)(=O)c1c(OC)c(O)cc(-c2ccnn2-c2ccccc2Cl)c1OC. The summed E-state index contributed by atoms with van der Waals surface area (Å²) in [4.78, 5) is -0.260. The molecular weight excluding hydrogens is 416 g/mol. The van der Waals surface area contributed by atoms with Gasteiger partial charge in [0.2, 0.25) is 0 Å². The summed E-state index contributed by atoms with van der Waals surface area (Å²) < 4.78 is 38.0. The summed E-state index contributed by atoms with van der Waals surface area (Å²) in [5.74, 6) is -0.878. The van der Waals surface area contributed by atoms with E-state index in [0.717, 1.165) is 0 Å². The van der Waals surface area contributed by atoms with Crippen LogP contribution in [0, 0.1) is 0 Å². The van der Waals surface area contributed by atoms with E-state index in [-0.39, 0.29) is 27.9 Å². The lowest BCUT2D eigenvalue weighted by Gasteiger charge is -2.19. The van der Waals surface area contributed by atoms with E-state index in [1.165, 1.54) is 37.2 Å². The van der Waals surface area contributed by atoms with Gasteiger partial charge in [0.1, 0.15) is 0 Å². The number of aromatic nitrogens is 2. The Morgan fingerprint density at radius 3 is 2.52 bits per heavy atom. The van der Waals surface area contributed by atoms with Gasteiger partial charge in [-0.25, -0.2) is 13.1 Å². The zero-order valence-corrected chi connectivity index (χ0v) is 17.4. The number of phenolic OH excluding ortho intramolecular Hbond substituents is 1. The van der Waals surface area contributed by atoms with Crippen molar-refractivity contribution in [3.8, 4) is 34.2 Å². The summed E-state index contributed by atoms with van der Waals surface area (Å²) in [6.07, 6.45) is 2.79. The van der Waals surface area contributed by atoms with Crippen molar-refractivity contribution in [2.75, 3.05) is 20.0 Å². The lowest BCUT2D eigenvalue weighted by Crippen LogP contribution is -2.10. The van der Waals surface area contributed by atoms with Gasteiger partial charge >= 0.3 is 0 Å². The van der Waals surface area contributed by atoms with Crippen LogP contribution in [0.3, 0.4) is 0 Å². The number of sulfone groups is 1. The van der Waals surface area contributed by atoms with E-state index in [9.17, 15) is 13.5 Å². The van der Waals surface area contributed by atoms with Gasteiger partial charge < -0.3 is 14.6 Å². The van der Waals surface area contributed by atoms with Crippen LogP contribution >= 0.6 is 11.6 Å². The number of aromatic hydroxyl groups is 1. The molecule has 0 saturated carbocycles. The minimum absolute atomic E-state index is 0.0234. The first-order valence-corrected chi connectivity index (χ1v) is 10.5. The molecule has 0 atom stereocenters. The molecule has 9 heteroatoms. The first kappa shape index (κ1) is 20.8. The summed E-state index contributed by atoms with van der Waals surface area (Å²) in [5, 5.41) is 15.3. The maximum absolute atomic E-state index is 12.9. The lowest BCUT2D eigenvalue weighted by atomic mass is 10.1. The molecule has 0 aliphatic carbocycles. The molecule has 0 aliphatic rings. The predicted octanol–water partition coefficient (Wildman–Crippen LogP) is 3.88. The second-order valence-corrected chi connectivity index (χ2v) is 8.37. The van der Waals surface area contributed by atoms with E-state index in [4.69, 9.17) is 21.1 Å². The third-order valence-corrected chi connectivity index (χ3v) is 6.21. The Hall–Kier alpha value is -2.97. The highest BCUT2D eigenvalue weighted by Crippen LogP contribution is 2.47. The zero-order valence-electron chi connectivity index (χ0n) is 15.8. The number of halogens is 1. The molecule has 0 spiro atoms. The molecule has 0 amide bonds. The first-order valence-electron chi connectivity index (χ1n) is 8.46. The number of nitrogens with zero attached hydrogens (tertiary/aromatic N) is 2. The summed E-state index contributed by atoms with van der Waals surface area (Å²) in [7, 11) is -1.28. The van der Waals surface area contributed by atoms with E-state index in [0.29, 0.717) is 22.0 Å². The Morgan fingerprint density at radius 2 is 1.90 bits per heavy atom. The minimum atomic E-state index is -3.90. The fourth-order valence-electron chi connectivity index (χ4n) is 3.04. The van der Waals surface area contributed by atoms with Crippen LogP contribution in [0.4, 0.5) is 0 Å². The Balaban J connectivity index is 2.37. The van der Waals surface area contributed by atoms with Crippen LogP contribution in [-0.4, -0.2) is 43.3 Å². The largest absolute Gasteiger partial charge is 0.504 e. The Kier molecular flexibility index (Phi) is 5.86. The molecule has 1 aromatic heterocycles. The Bertz CT molecular complexity index is 1170. The van der Waals surface area contributed by atoms with E-state index < -0.39 is 9.84 Å². The molecule has 29 heavy (non-hydrogen) atoms. The highest BCUT2D eigenvalue weighted by molar-refractivity contribution is 7.91. The van der Waals surface area contributed by atoms with Crippen molar-refractivity contribution in [3.63, 3.8) is 0 Å². The number of para-hydroxylation sites is 1. The van der Waals surface area contributed by atoms with Gasteiger partial charge in [-0.1, -0.05) is 29.8 Å². The number of rotatable bonds is 7. The average molecular weight is 435 g/mol. The molecule has 0 unspecified atom stereocenters. The quantitative estimate of drug-likeness (QED) is 0.567. The van der Waals surface area contributed by atoms with E-state index in [2.05, 4.69) is 11.7 Å². The molecule has 3 rings (SSSR count). The normalized spacial score (nSPS) is 11.3. The van der Waals surface area contributed by atoms with Crippen LogP contribution in [0.5, 0.6) is 17.2 Å². The molecule has 2 aromatic carbocycles. The molecule has 1 heterocycles. The third-order valence-electron chi connectivity index (χ3n) is 4.23. The number of phenols is 1. The van der Waals surface area contributed by atoms with Crippen molar-refractivity contribution >= 4 is 21.4 Å². The lowest BCUT2D eigenvalue weighted by molar-refractivity contribution is 0.348. The van der Waals surface area contributed by atoms with Gasteiger partial charge in [-0.2, -0.15) is 5.10 Å². The van der Waals surface area contributed by atoms with E-state index >= 15 is 0 Å². The fourth-order valence-corrected chi connectivity index (χ4v) is 4.68. The predicted molar refractivity (Wildman–Crippen MR) is 111 cm³/mol. The zero-order chi connectivity index (χ0) is 21.2. The topological polar surface area (TPSA) is 90.7 Å². The molecule has 0 saturated heterocycles. The number of ether oxygens (including phenoxy) is 2. The van der Waals surface area contributed by atoms with Crippen LogP contribution in [0.15, 0.2) is 60.1 Å². The molecule has 0 fully saturated rings. The number of hydrogen-bond acceptors (Lipinski definition) is 6. The molecular formula is C20H19ClN2O5S. The van der Waals surface area contributed by atoms with Crippen LogP contribution in [0.2, 0.25) is 5.02 Å². The third kappa shape index (κ3) is 3.68. The smallest absolute Gasteiger partial charge is 0.189 e. The van der Waals surface area contributed by atoms with Gasteiger partial charge in [0.25, 0.3) is 0 Å². The summed E-state index contributed by atoms with van der Waals surface area (Å²) in [6, 6.07) is 10.1. The fraction of sp³-hybridized carbons (Fsp3) is 0.150. The maximum Gasteiger partial charge on any atom is 0.189 e. The van der Waals surface area contributed by atoms with Crippen LogP contribution < -0.4 is 9.47 Å². The van der Waals surface area contributed by atoms with Gasteiger partial charge in [-0.3, -0.25) is 0 Å². The summed E-state index contributed by atoms with van der Waals surface area (Å²) in [5.41, 5.74) is 1.37. The molecule has 1 N–H and O–H groups in total. The Morgan fingerprint density at radius 1 is 1.21 bits per heavy atom. The maximum atomic E-state index is 12.9. The average Bonchev–Trinajstić information content (AvgIpc) is 3.16. The second-order valence-electron chi connectivity index (χ2n) is 5.99. The number of methoxy groups -OCH3 is 2. The van der Waals surface area contributed by atoms with Gasteiger partial charge in [0.15, 0.2) is 32.0 Å².